The van der Waals surface area contributed by atoms with E-state index in [1.807, 2.05) is 0 Å². The van der Waals surface area contributed by atoms with Crippen molar-refractivity contribution in [1.82, 2.24) is 0 Å². The highest BCUT2D eigenvalue weighted by Crippen LogP contribution is 2.25. The molecule has 30 heavy (non-hydrogen) atoms. The lowest BCUT2D eigenvalue weighted by molar-refractivity contribution is 0.0706. The zero-order chi connectivity index (χ0) is 22.0. The number of esters is 2. The van der Waals surface area contributed by atoms with E-state index in [2.05, 4.69) is 9.47 Å². The van der Waals surface area contributed by atoms with Crippen LogP contribution in [0.2, 0.25) is 0 Å². The minimum Gasteiger partial charge on any atom is -0.417 e. The summed E-state index contributed by atoms with van der Waals surface area (Å²) in [5.41, 5.74) is -0.511. The second kappa shape index (κ2) is 8.27. The zero-order valence-electron chi connectivity index (χ0n) is 14.5. The number of benzene rings is 3. The van der Waals surface area contributed by atoms with Crippen molar-refractivity contribution in [3.8, 4) is 11.5 Å². The van der Waals surface area contributed by atoms with Crippen LogP contribution in [0.15, 0.2) is 48.5 Å². The molecule has 0 N–H and O–H groups in total. The molecule has 154 valence electrons. The average molecular weight is 426 g/mol. The molecule has 0 heterocycles. The van der Waals surface area contributed by atoms with Crippen LogP contribution in [0.25, 0.3) is 0 Å². The Bertz CT molecular complexity index is 1010. The molecule has 4 nitrogen and oxygen atoms in total. The largest absolute Gasteiger partial charge is 0.417 e. The summed E-state index contributed by atoms with van der Waals surface area (Å²) in [6.45, 7) is 0. The molecule has 3 aromatic rings. The van der Waals surface area contributed by atoms with Crippen molar-refractivity contribution in [3.63, 3.8) is 0 Å². The van der Waals surface area contributed by atoms with E-state index in [1.54, 1.807) is 0 Å². The molecule has 0 fully saturated rings. The van der Waals surface area contributed by atoms with E-state index in [1.165, 1.54) is 0 Å². The molecule has 0 saturated carbocycles. The van der Waals surface area contributed by atoms with E-state index in [0.29, 0.717) is 24.3 Å². The number of rotatable bonds is 4. The highest BCUT2D eigenvalue weighted by Gasteiger charge is 2.20. The Labute approximate surface area is 164 Å². The van der Waals surface area contributed by atoms with Crippen LogP contribution in [0.3, 0.4) is 0 Å². The molecule has 0 saturated heterocycles. The van der Waals surface area contributed by atoms with Gasteiger partial charge in [-0.25, -0.2) is 35.9 Å². The second-order valence-corrected chi connectivity index (χ2v) is 5.75. The predicted octanol–water partition coefficient (Wildman–Crippen LogP) is 4.96. The molecule has 0 atom stereocenters. The van der Waals surface area contributed by atoms with Crippen molar-refractivity contribution in [1.29, 1.82) is 0 Å². The quantitative estimate of drug-likeness (QED) is 0.336. The maximum absolute atomic E-state index is 13.6. The van der Waals surface area contributed by atoms with Gasteiger partial charge in [-0.05, 0) is 24.3 Å². The lowest BCUT2D eigenvalue weighted by atomic mass is 10.1. The van der Waals surface area contributed by atoms with Gasteiger partial charge in [0.2, 0.25) is 11.5 Å². The van der Waals surface area contributed by atoms with E-state index < -0.39 is 58.3 Å². The normalized spacial score (nSPS) is 10.6. The van der Waals surface area contributed by atoms with Gasteiger partial charge in [-0.3, -0.25) is 0 Å². The first-order valence-electron chi connectivity index (χ1n) is 7.99. The highest BCUT2D eigenvalue weighted by molar-refractivity contribution is 5.94. The van der Waals surface area contributed by atoms with Crippen LogP contribution in [0.4, 0.5) is 26.3 Å². The number of carbonyl (C=O) groups is 2. The third kappa shape index (κ3) is 4.43. The first-order chi connectivity index (χ1) is 14.2. The van der Waals surface area contributed by atoms with Crippen LogP contribution in [0.5, 0.6) is 11.5 Å². The molecule has 10 heteroatoms. The van der Waals surface area contributed by atoms with E-state index in [4.69, 9.17) is 0 Å². The number of hydrogen-bond donors (Lipinski definition) is 0. The summed E-state index contributed by atoms with van der Waals surface area (Å²) >= 11 is 0. The topological polar surface area (TPSA) is 52.6 Å². The third-order valence-corrected chi connectivity index (χ3v) is 3.67. The van der Waals surface area contributed by atoms with Gasteiger partial charge in [-0.1, -0.05) is 0 Å². The summed E-state index contributed by atoms with van der Waals surface area (Å²) in [7, 11) is 0. The lowest BCUT2D eigenvalue weighted by Crippen LogP contribution is -2.13. The predicted molar refractivity (Wildman–Crippen MR) is 89.0 cm³/mol. The molecule has 3 aromatic carbocycles. The Hall–Kier alpha value is -3.82. The van der Waals surface area contributed by atoms with Crippen molar-refractivity contribution in [3.05, 3.63) is 94.6 Å². The first kappa shape index (κ1) is 20.9. The fraction of sp³-hybridized carbons (Fsp3) is 0. The average Bonchev–Trinajstić information content (AvgIpc) is 2.67. The Morgan fingerprint density at radius 1 is 0.533 bits per heavy atom. The fourth-order valence-corrected chi connectivity index (χ4v) is 2.30. The molecule has 3 rings (SSSR count). The fourth-order valence-electron chi connectivity index (χ4n) is 2.30. The Balaban J connectivity index is 1.75. The van der Waals surface area contributed by atoms with Crippen LogP contribution in [-0.4, -0.2) is 11.9 Å². The molecule has 0 spiro atoms. The van der Waals surface area contributed by atoms with Crippen LogP contribution in [0, 0.1) is 34.9 Å². The summed E-state index contributed by atoms with van der Waals surface area (Å²) in [6.07, 6.45) is 0. The Morgan fingerprint density at radius 3 is 1.07 bits per heavy atom. The smallest absolute Gasteiger partial charge is 0.343 e. The summed E-state index contributed by atoms with van der Waals surface area (Å²) in [5, 5.41) is 0. The van der Waals surface area contributed by atoms with Gasteiger partial charge in [0.25, 0.3) is 0 Å². The van der Waals surface area contributed by atoms with Gasteiger partial charge in [-0.15, -0.1) is 0 Å². The highest BCUT2D eigenvalue weighted by atomic mass is 19.2. The van der Waals surface area contributed by atoms with Gasteiger partial charge in [0.05, 0.1) is 11.1 Å². The minimum absolute atomic E-state index is 0.256. The van der Waals surface area contributed by atoms with Crippen molar-refractivity contribution in [2.24, 2.45) is 0 Å². The zero-order valence-corrected chi connectivity index (χ0v) is 14.5. The van der Waals surface area contributed by atoms with Gasteiger partial charge in [0, 0.05) is 24.3 Å². The van der Waals surface area contributed by atoms with Gasteiger partial charge < -0.3 is 9.47 Å². The molecule has 0 aliphatic rings. The molecular weight excluding hydrogens is 418 g/mol. The second-order valence-electron chi connectivity index (χ2n) is 5.75. The number of hydrogen-bond acceptors (Lipinski definition) is 4. The molecule has 0 radical (unpaired) electrons. The van der Waals surface area contributed by atoms with Crippen LogP contribution >= 0.6 is 0 Å². The summed E-state index contributed by atoms with van der Waals surface area (Å²) in [6, 6.07) is 5.31. The van der Waals surface area contributed by atoms with Crippen LogP contribution in [0.1, 0.15) is 20.7 Å². The van der Waals surface area contributed by atoms with Gasteiger partial charge in [-0.2, -0.15) is 0 Å². The third-order valence-electron chi connectivity index (χ3n) is 3.67. The molecule has 0 aliphatic heterocycles. The number of carbonyl (C=O) groups excluding carboxylic acids is 2. The molecular formula is C20H8F6O4. The maximum Gasteiger partial charge on any atom is 0.343 e. The van der Waals surface area contributed by atoms with Gasteiger partial charge >= 0.3 is 11.9 Å². The Morgan fingerprint density at radius 2 is 0.800 bits per heavy atom. The van der Waals surface area contributed by atoms with Crippen LogP contribution in [-0.2, 0) is 0 Å². The van der Waals surface area contributed by atoms with E-state index >= 15 is 0 Å². The Kier molecular flexibility index (Phi) is 5.77. The van der Waals surface area contributed by atoms with Crippen molar-refractivity contribution in [2.45, 2.75) is 0 Å². The molecule has 0 aliphatic carbocycles. The summed E-state index contributed by atoms with van der Waals surface area (Å²) < 4.78 is 89.1. The van der Waals surface area contributed by atoms with Gasteiger partial charge in [0.1, 0.15) is 11.6 Å². The summed E-state index contributed by atoms with van der Waals surface area (Å²) in [4.78, 5) is 24.0. The monoisotopic (exact) mass is 426 g/mol. The van der Waals surface area contributed by atoms with E-state index in [-0.39, 0.29) is 11.1 Å². The first-order valence-corrected chi connectivity index (χ1v) is 7.99. The molecule has 0 unspecified atom stereocenters. The van der Waals surface area contributed by atoms with Crippen molar-refractivity contribution in [2.75, 3.05) is 0 Å². The van der Waals surface area contributed by atoms with E-state index in [9.17, 15) is 35.9 Å². The lowest BCUT2D eigenvalue weighted by Gasteiger charge is -2.08. The number of ether oxygens (including phenoxy) is 2. The van der Waals surface area contributed by atoms with Gasteiger partial charge in [0.15, 0.2) is 23.3 Å². The SMILES string of the molecule is O=C(Oc1c(F)cc(F)cc1F)c1ccc(C(=O)Oc2c(F)cc(F)cc2F)cc1. The van der Waals surface area contributed by atoms with Crippen molar-refractivity contribution < 1.29 is 45.4 Å². The minimum atomic E-state index is -1.44. The standard InChI is InChI=1S/C20H8F6O4/c21-11-5-13(23)17(14(24)6-11)29-19(27)9-1-2-10(4-3-9)20(28)30-18-15(25)7-12(22)8-16(18)26/h1-8H. The molecule has 0 amide bonds. The number of halogens is 6. The maximum atomic E-state index is 13.6. The summed E-state index contributed by atoms with van der Waals surface area (Å²) in [5.74, 6) is -12.9. The molecule has 0 aromatic heterocycles. The van der Waals surface area contributed by atoms with Crippen LogP contribution < -0.4 is 9.47 Å². The van der Waals surface area contributed by atoms with Crippen molar-refractivity contribution >= 4 is 11.9 Å². The molecule has 0 bridgehead atoms. The van der Waals surface area contributed by atoms with E-state index in [0.717, 1.165) is 24.3 Å².